The van der Waals surface area contributed by atoms with E-state index in [0.717, 1.165) is 24.9 Å². The molecule has 0 aliphatic carbocycles. The lowest BCUT2D eigenvalue weighted by atomic mass is 10.0. The molecule has 0 radical (unpaired) electrons. The Morgan fingerprint density at radius 3 is 2.31 bits per heavy atom. The lowest BCUT2D eigenvalue weighted by Crippen LogP contribution is -2.44. The number of hydrogen-bond donors (Lipinski definition) is 1. The first kappa shape index (κ1) is 19.1. The Bertz CT molecular complexity index is 852. The van der Waals surface area contributed by atoms with Gasteiger partial charge >= 0.3 is 0 Å². The van der Waals surface area contributed by atoms with Crippen LogP contribution >= 0.6 is 0 Å². The van der Waals surface area contributed by atoms with Crippen molar-refractivity contribution in [1.29, 1.82) is 0 Å². The molecule has 2 aromatic rings. The Hall–Kier alpha value is -1.69. The molecule has 0 saturated carbocycles. The van der Waals surface area contributed by atoms with Gasteiger partial charge in [0.2, 0.25) is 10.0 Å². The largest absolute Gasteiger partial charge is 0.310 e. The van der Waals surface area contributed by atoms with Crippen molar-refractivity contribution >= 4 is 10.0 Å². The Kier molecular flexibility index (Phi) is 5.80. The average Bonchev–Trinajstić information content (AvgIpc) is 2.64. The van der Waals surface area contributed by atoms with Crippen LogP contribution in [0.5, 0.6) is 0 Å². The molecule has 5 heteroatoms. The van der Waals surface area contributed by atoms with Gasteiger partial charge in [0.05, 0.1) is 4.90 Å². The van der Waals surface area contributed by atoms with Gasteiger partial charge in [0.1, 0.15) is 0 Å². The number of benzene rings is 2. The third-order valence-electron chi connectivity index (χ3n) is 5.41. The van der Waals surface area contributed by atoms with E-state index in [9.17, 15) is 8.42 Å². The summed E-state index contributed by atoms with van der Waals surface area (Å²) in [6.07, 6.45) is 1.69. The summed E-state index contributed by atoms with van der Waals surface area (Å²) >= 11 is 0. The van der Waals surface area contributed by atoms with E-state index in [0.29, 0.717) is 24.0 Å². The molecule has 1 N–H and O–H groups in total. The minimum atomic E-state index is -3.38. The summed E-state index contributed by atoms with van der Waals surface area (Å²) in [7, 11) is -3.38. The van der Waals surface area contributed by atoms with Gasteiger partial charge in [-0.05, 0) is 62.4 Å². The number of sulfonamides is 1. The number of rotatable bonds is 5. The van der Waals surface area contributed by atoms with Crippen molar-refractivity contribution in [1.82, 2.24) is 9.62 Å². The molecular formula is C21H28N2O2S. The van der Waals surface area contributed by atoms with Gasteiger partial charge in [-0.25, -0.2) is 8.42 Å². The van der Waals surface area contributed by atoms with Crippen molar-refractivity contribution in [2.45, 2.75) is 51.1 Å². The van der Waals surface area contributed by atoms with E-state index in [-0.39, 0.29) is 0 Å². The van der Waals surface area contributed by atoms with Gasteiger partial charge < -0.3 is 5.32 Å². The highest BCUT2D eigenvalue weighted by molar-refractivity contribution is 7.89. The second-order valence-electron chi connectivity index (χ2n) is 7.23. The standard InChI is InChI=1S/C21H28N2O2S/c1-16-7-9-21(10-8-16)26(24,25)23-13-11-20(12-14-23)22-15-19-6-4-5-17(2)18(19)3/h4-10,20,22H,11-15H2,1-3H3. The lowest BCUT2D eigenvalue weighted by Gasteiger charge is -2.32. The maximum absolute atomic E-state index is 12.8. The lowest BCUT2D eigenvalue weighted by molar-refractivity contribution is 0.288. The summed E-state index contributed by atoms with van der Waals surface area (Å²) in [6, 6.07) is 13.9. The molecule has 1 aliphatic rings. The molecule has 26 heavy (non-hydrogen) atoms. The molecule has 0 amide bonds. The van der Waals surface area contributed by atoms with Crippen LogP contribution in [-0.4, -0.2) is 31.9 Å². The quantitative estimate of drug-likeness (QED) is 0.873. The second-order valence-corrected chi connectivity index (χ2v) is 9.17. The predicted octanol–water partition coefficient (Wildman–Crippen LogP) is 3.55. The number of nitrogens with zero attached hydrogens (tertiary/aromatic N) is 1. The molecule has 1 fully saturated rings. The summed E-state index contributed by atoms with van der Waals surface area (Å²) in [5.74, 6) is 0. The molecule has 4 nitrogen and oxygen atoms in total. The first-order chi connectivity index (χ1) is 12.4. The van der Waals surface area contributed by atoms with Crippen LogP contribution in [0.3, 0.4) is 0 Å². The molecule has 3 rings (SSSR count). The Morgan fingerprint density at radius 1 is 1.00 bits per heavy atom. The van der Waals surface area contributed by atoms with Crippen LogP contribution in [-0.2, 0) is 16.6 Å². The van der Waals surface area contributed by atoms with Gasteiger partial charge in [-0.2, -0.15) is 4.31 Å². The Labute approximate surface area is 157 Å². The first-order valence-electron chi connectivity index (χ1n) is 9.23. The van der Waals surface area contributed by atoms with E-state index >= 15 is 0 Å². The second kappa shape index (κ2) is 7.91. The highest BCUT2D eigenvalue weighted by Gasteiger charge is 2.29. The average molecular weight is 373 g/mol. The van der Waals surface area contributed by atoms with Gasteiger partial charge in [0.25, 0.3) is 0 Å². The molecule has 2 aromatic carbocycles. The molecule has 1 heterocycles. The summed E-state index contributed by atoms with van der Waals surface area (Å²) < 4.78 is 27.2. The summed E-state index contributed by atoms with van der Waals surface area (Å²) in [5, 5.41) is 3.60. The van der Waals surface area contributed by atoms with Crippen LogP contribution in [0.25, 0.3) is 0 Å². The normalized spacial score (nSPS) is 16.7. The van der Waals surface area contributed by atoms with Crippen molar-refractivity contribution in [3.05, 3.63) is 64.7 Å². The minimum Gasteiger partial charge on any atom is -0.310 e. The van der Waals surface area contributed by atoms with E-state index in [1.807, 2.05) is 19.1 Å². The van der Waals surface area contributed by atoms with E-state index in [2.05, 4.69) is 37.4 Å². The fraction of sp³-hybridized carbons (Fsp3) is 0.429. The van der Waals surface area contributed by atoms with Crippen LogP contribution in [0.15, 0.2) is 47.4 Å². The maximum Gasteiger partial charge on any atom is 0.243 e. The molecule has 0 spiro atoms. The van der Waals surface area contributed by atoms with Gasteiger partial charge in [-0.3, -0.25) is 0 Å². The maximum atomic E-state index is 12.8. The zero-order chi connectivity index (χ0) is 18.7. The molecule has 0 aromatic heterocycles. The summed E-state index contributed by atoms with van der Waals surface area (Å²) in [6.45, 7) is 8.23. The Balaban J connectivity index is 1.57. The number of nitrogens with one attached hydrogen (secondary N) is 1. The van der Waals surface area contributed by atoms with Crippen molar-refractivity contribution < 1.29 is 8.42 Å². The molecule has 1 aliphatic heterocycles. The third-order valence-corrected chi connectivity index (χ3v) is 7.32. The fourth-order valence-electron chi connectivity index (χ4n) is 3.42. The predicted molar refractivity (Wildman–Crippen MR) is 106 cm³/mol. The van der Waals surface area contributed by atoms with E-state index < -0.39 is 10.0 Å². The fourth-order valence-corrected chi connectivity index (χ4v) is 4.89. The number of hydrogen-bond acceptors (Lipinski definition) is 3. The molecule has 0 unspecified atom stereocenters. The summed E-state index contributed by atoms with van der Waals surface area (Å²) in [4.78, 5) is 0.393. The molecule has 0 atom stereocenters. The highest BCUT2D eigenvalue weighted by Crippen LogP contribution is 2.21. The van der Waals surface area contributed by atoms with E-state index in [1.54, 1.807) is 16.4 Å². The van der Waals surface area contributed by atoms with Crippen molar-refractivity contribution in [2.24, 2.45) is 0 Å². The van der Waals surface area contributed by atoms with E-state index in [1.165, 1.54) is 16.7 Å². The molecule has 0 bridgehead atoms. The zero-order valence-corrected chi connectivity index (χ0v) is 16.6. The number of aryl methyl sites for hydroxylation is 2. The third kappa shape index (κ3) is 4.17. The molecule has 1 saturated heterocycles. The van der Waals surface area contributed by atoms with Crippen molar-refractivity contribution in [3.8, 4) is 0 Å². The van der Waals surface area contributed by atoms with Gasteiger partial charge in [0, 0.05) is 25.7 Å². The SMILES string of the molecule is Cc1ccc(S(=O)(=O)N2CCC(NCc3cccc(C)c3C)CC2)cc1. The van der Waals surface area contributed by atoms with Crippen LogP contribution in [0.2, 0.25) is 0 Å². The highest BCUT2D eigenvalue weighted by atomic mass is 32.2. The van der Waals surface area contributed by atoms with Crippen LogP contribution in [0.1, 0.15) is 35.1 Å². The smallest absolute Gasteiger partial charge is 0.243 e. The zero-order valence-electron chi connectivity index (χ0n) is 15.8. The minimum absolute atomic E-state index is 0.361. The van der Waals surface area contributed by atoms with Gasteiger partial charge in [-0.1, -0.05) is 35.9 Å². The Morgan fingerprint density at radius 2 is 1.65 bits per heavy atom. The first-order valence-corrected chi connectivity index (χ1v) is 10.7. The van der Waals surface area contributed by atoms with Crippen LogP contribution < -0.4 is 5.32 Å². The number of piperidine rings is 1. The molecule has 140 valence electrons. The van der Waals surface area contributed by atoms with E-state index in [4.69, 9.17) is 0 Å². The van der Waals surface area contributed by atoms with Crippen LogP contribution in [0.4, 0.5) is 0 Å². The monoisotopic (exact) mass is 372 g/mol. The van der Waals surface area contributed by atoms with Gasteiger partial charge in [-0.15, -0.1) is 0 Å². The van der Waals surface area contributed by atoms with Crippen LogP contribution in [0, 0.1) is 20.8 Å². The molecular weight excluding hydrogens is 344 g/mol. The van der Waals surface area contributed by atoms with Crippen molar-refractivity contribution in [2.75, 3.05) is 13.1 Å². The topological polar surface area (TPSA) is 49.4 Å². The van der Waals surface area contributed by atoms with Gasteiger partial charge in [0.15, 0.2) is 0 Å². The van der Waals surface area contributed by atoms with Crippen molar-refractivity contribution in [3.63, 3.8) is 0 Å². The summed E-state index contributed by atoms with van der Waals surface area (Å²) in [5.41, 5.74) is 5.03.